The Bertz CT molecular complexity index is 525. The third kappa shape index (κ3) is 3.06. The Morgan fingerprint density at radius 2 is 1.94 bits per heavy atom. The van der Waals surface area contributed by atoms with Crippen molar-refractivity contribution in [2.24, 2.45) is 0 Å². The van der Waals surface area contributed by atoms with Crippen LogP contribution in [-0.2, 0) is 11.2 Å². The highest BCUT2D eigenvalue weighted by molar-refractivity contribution is 5.83. The second-order valence-electron chi connectivity index (χ2n) is 4.14. The van der Waals surface area contributed by atoms with Gasteiger partial charge in [0.15, 0.2) is 0 Å². The fourth-order valence-corrected chi connectivity index (χ4v) is 1.94. The van der Waals surface area contributed by atoms with E-state index in [-0.39, 0.29) is 7.33 Å². The molecule has 0 aliphatic heterocycles. The summed E-state index contributed by atoms with van der Waals surface area (Å²) in [6.07, 6.45) is 1.36. The largest absolute Gasteiger partial charge is 0.356 e. The second kappa shape index (κ2) is 5.48. The van der Waals surface area contributed by atoms with E-state index in [2.05, 4.69) is 35.6 Å². The van der Waals surface area contributed by atoms with Gasteiger partial charge in [-0.1, -0.05) is 42.5 Å². The molecule has 1 amide bonds. The Morgan fingerprint density at radius 1 is 1.18 bits per heavy atom. The van der Waals surface area contributed by atoms with Gasteiger partial charge in [0.2, 0.25) is 5.91 Å². The molecular formula is C15H19NO. The molecule has 2 rings (SSSR count). The van der Waals surface area contributed by atoms with Gasteiger partial charge in [0.05, 0.1) is 0 Å². The van der Waals surface area contributed by atoms with Crippen LogP contribution in [0.1, 0.15) is 20.3 Å². The third-order valence-corrected chi connectivity index (χ3v) is 2.83. The maximum absolute atomic E-state index is 11.4. The van der Waals surface area contributed by atoms with E-state index in [1.54, 1.807) is 0 Å². The maximum atomic E-state index is 11.4. The van der Waals surface area contributed by atoms with E-state index < -0.39 is 0 Å². The lowest BCUT2D eigenvalue weighted by molar-refractivity contribution is -0.120. The van der Waals surface area contributed by atoms with Crippen molar-refractivity contribution >= 4 is 16.7 Å². The predicted octanol–water partition coefficient (Wildman–Crippen LogP) is 3.15. The monoisotopic (exact) mass is 229 g/mol. The fraction of sp³-hybridized carbons (Fsp3) is 0.267. The number of rotatable bonds is 4. The Labute approximate surface area is 103 Å². The molecule has 0 spiro atoms. The number of benzene rings is 2. The summed E-state index contributed by atoms with van der Waals surface area (Å²) in [5.41, 5.74) is 1.22. The summed E-state index contributed by atoms with van der Waals surface area (Å²) >= 11 is 0. The molecule has 0 unspecified atom stereocenters. The van der Waals surface area contributed by atoms with E-state index >= 15 is 0 Å². The summed E-state index contributed by atoms with van der Waals surface area (Å²) in [7, 11) is 0. The van der Waals surface area contributed by atoms with Crippen LogP contribution in [0.5, 0.6) is 0 Å². The van der Waals surface area contributed by atoms with Crippen molar-refractivity contribution in [2.75, 3.05) is 6.54 Å². The van der Waals surface area contributed by atoms with Gasteiger partial charge in [-0.15, -0.1) is 0 Å². The first-order chi connectivity index (χ1) is 8.29. The van der Waals surface area contributed by atoms with Gasteiger partial charge >= 0.3 is 0 Å². The summed E-state index contributed by atoms with van der Waals surface area (Å²) in [5.74, 6) is 0.126. The van der Waals surface area contributed by atoms with Gasteiger partial charge in [-0.25, -0.2) is 0 Å². The zero-order chi connectivity index (χ0) is 12.1. The number of fused-ring (bicyclic) bond motifs is 1. The molecule has 0 saturated carbocycles. The van der Waals surface area contributed by atoms with E-state index in [0.29, 0.717) is 13.0 Å². The van der Waals surface area contributed by atoms with Crippen LogP contribution in [0.25, 0.3) is 10.8 Å². The van der Waals surface area contributed by atoms with E-state index in [4.69, 9.17) is 0 Å². The molecule has 0 saturated heterocycles. The number of carbonyl (C=O) groups excluding carboxylic acids is 1. The minimum absolute atomic E-state index is 0. The normalized spacial score (nSPS) is 10.4. The van der Waals surface area contributed by atoms with Gasteiger partial charge in [-0.05, 0) is 29.7 Å². The van der Waals surface area contributed by atoms with Crippen molar-refractivity contribution in [2.45, 2.75) is 19.8 Å². The molecule has 0 aliphatic rings. The minimum atomic E-state index is 0. The topological polar surface area (TPSA) is 29.1 Å². The molecule has 2 heteroatoms. The summed E-state index contributed by atoms with van der Waals surface area (Å²) in [4.78, 5) is 11.4. The molecule has 2 nitrogen and oxygen atoms in total. The van der Waals surface area contributed by atoms with Crippen molar-refractivity contribution in [1.82, 2.24) is 5.32 Å². The highest BCUT2D eigenvalue weighted by Gasteiger charge is 2.01. The first-order valence-corrected chi connectivity index (χ1v) is 6.04. The van der Waals surface area contributed by atoms with Crippen LogP contribution in [0.4, 0.5) is 0 Å². The number of carbonyl (C=O) groups is 1. The number of aryl methyl sites for hydroxylation is 1. The lowest BCUT2D eigenvalue weighted by Gasteiger charge is -2.04. The SMILES string of the molecule is CCNC(=O)CCc1ccc2ccccc2c1.[HH]. The van der Waals surface area contributed by atoms with Crippen molar-refractivity contribution in [3.05, 3.63) is 48.0 Å². The van der Waals surface area contributed by atoms with Gasteiger partial charge in [-0.2, -0.15) is 0 Å². The molecule has 0 fully saturated rings. The number of hydrogen-bond donors (Lipinski definition) is 1. The molecular weight excluding hydrogens is 210 g/mol. The zero-order valence-electron chi connectivity index (χ0n) is 10.1. The third-order valence-electron chi connectivity index (χ3n) is 2.83. The summed E-state index contributed by atoms with van der Waals surface area (Å²) in [6.45, 7) is 2.64. The van der Waals surface area contributed by atoms with Crippen molar-refractivity contribution in [1.29, 1.82) is 0 Å². The molecule has 0 aliphatic carbocycles. The maximum Gasteiger partial charge on any atom is 0.220 e. The highest BCUT2D eigenvalue weighted by Crippen LogP contribution is 2.16. The molecule has 2 aromatic rings. The average Bonchev–Trinajstić information content (AvgIpc) is 2.36. The molecule has 0 heterocycles. The van der Waals surface area contributed by atoms with Crippen LogP contribution in [0.3, 0.4) is 0 Å². The molecule has 0 aromatic heterocycles. The molecule has 2 aromatic carbocycles. The highest BCUT2D eigenvalue weighted by atomic mass is 16.1. The molecule has 0 radical (unpaired) electrons. The van der Waals surface area contributed by atoms with Crippen LogP contribution in [0.2, 0.25) is 0 Å². The molecule has 0 atom stereocenters. The zero-order valence-corrected chi connectivity index (χ0v) is 10.1. The van der Waals surface area contributed by atoms with Crippen molar-refractivity contribution in [3.8, 4) is 0 Å². The Balaban J connectivity index is 0.00000162. The predicted molar refractivity (Wildman–Crippen MR) is 73.1 cm³/mol. The standard InChI is InChI=1S/C15H17NO.H2/c1-2-16-15(17)10-8-12-7-9-13-5-3-4-6-14(13)11-12;/h3-7,9,11H,2,8,10H2,1H3,(H,16,17);1H. The second-order valence-corrected chi connectivity index (χ2v) is 4.14. The van der Waals surface area contributed by atoms with Crippen LogP contribution in [0.15, 0.2) is 42.5 Å². The number of amides is 1. The van der Waals surface area contributed by atoms with Crippen LogP contribution < -0.4 is 5.32 Å². The van der Waals surface area contributed by atoms with Crippen molar-refractivity contribution < 1.29 is 6.22 Å². The smallest absolute Gasteiger partial charge is 0.220 e. The molecule has 0 bridgehead atoms. The summed E-state index contributed by atoms with van der Waals surface area (Å²) in [5, 5.41) is 5.30. The van der Waals surface area contributed by atoms with Crippen LogP contribution in [-0.4, -0.2) is 12.5 Å². The lowest BCUT2D eigenvalue weighted by Crippen LogP contribution is -2.22. The van der Waals surface area contributed by atoms with Gasteiger partial charge in [0, 0.05) is 14.4 Å². The van der Waals surface area contributed by atoms with Crippen molar-refractivity contribution in [3.63, 3.8) is 0 Å². The quantitative estimate of drug-likeness (QED) is 0.857. The summed E-state index contributed by atoms with van der Waals surface area (Å²) in [6, 6.07) is 14.7. The minimum Gasteiger partial charge on any atom is -0.356 e. The van der Waals surface area contributed by atoms with E-state index in [1.807, 2.05) is 19.1 Å². The lowest BCUT2D eigenvalue weighted by atomic mass is 10.0. The molecule has 17 heavy (non-hydrogen) atoms. The van der Waals surface area contributed by atoms with Gasteiger partial charge in [0.25, 0.3) is 0 Å². The number of nitrogens with one attached hydrogen (secondary N) is 1. The Morgan fingerprint density at radius 3 is 2.71 bits per heavy atom. The average molecular weight is 229 g/mol. The fourth-order valence-electron chi connectivity index (χ4n) is 1.94. The van der Waals surface area contributed by atoms with Crippen LogP contribution in [0, 0.1) is 0 Å². The van der Waals surface area contributed by atoms with E-state index in [9.17, 15) is 4.79 Å². The van der Waals surface area contributed by atoms with Gasteiger partial charge < -0.3 is 5.32 Å². The Hall–Kier alpha value is -1.83. The number of hydrogen-bond acceptors (Lipinski definition) is 1. The summed E-state index contributed by atoms with van der Waals surface area (Å²) < 4.78 is 0. The molecule has 90 valence electrons. The first kappa shape index (κ1) is 11.6. The van der Waals surface area contributed by atoms with Gasteiger partial charge in [0.1, 0.15) is 0 Å². The van der Waals surface area contributed by atoms with E-state index in [0.717, 1.165) is 6.42 Å². The van der Waals surface area contributed by atoms with Crippen LogP contribution >= 0.6 is 0 Å². The van der Waals surface area contributed by atoms with E-state index in [1.165, 1.54) is 16.3 Å². The Kier molecular flexibility index (Phi) is 3.76. The first-order valence-electron chi connectivity index (χ1n) is 6.04. The van der Waals surface area contributed by atoms with Gasteiger partial charge in [-0.3, -0.25) is 4.79 Å². The molecule has 1 N–H and O–H groups in total.